The zero-order valence-corrected chi connectivity index (χ0v) is 17.6. The van der Waals surface area contributed by atoms with Crippen molar-refractivity contribution >= 4 is 40.5 Å². The summed E-state index contributed by atoms with van der Waals surface area (Å²) in [5.74, 6) is 0.321. The highest BCUT2D eigenvalue weighted by Gasteiger charge is 2.21. The number of halogens is 2. The van der Waals surface area contributed by atoms with E-state index >= 15 is 0 Å². The van der Waals surface area contributed by atoms with Crippen LogP contribution in [0.1, 0.15) is 24.9 Å². The Kier molecular flexibility index (Phi) is 6.59. The van der Waals surface area contributed by atoms with Gasteiger partial charge < -0.3 is 10.1 Å². The highest BCUT2D eigenvalue weighted by Crippen LogP contribution is 2.32. The molecule has 0 saturated heterocycles. The molecule has 1 aromatic heterocycles. The van der Waals surface area contributed by atoms with Crippen molar-refractivity contribution < 1.29 is 14.5 Å². The van der Waals surface area contributed by atoms with Gasteiger partial charge in [0.05, 0.1) is 27.9 Å². The molecule has 0 bridgehead atoms. The number of non-ortho nitro benzene ring substituents is 1. The summed E-state index contributed by atoms with van der Waals surface area (Å²) < 4.78 is 7.25. The van der Waals surface area contributed by atoms with Gasteiger partial charge in [-0.05, 0) is 37.1 Å². The Labute approximate surface area is 182 Å². The van der Waals surface area contributed by atoms with E-state index in [-0.39, 0.29) is 23.0 Å². The number of nitrogens with one attached hydrogen (secondary N) is 1. The Bertz CT molecular complexity index is 1100. The largest absolute Gasteiger partial charge is 0.457 e. The van der Waals surface area contributed by atoms with Crippen LogP contribution in [0.25, 0.3) is 0 Å². The summed E-state index contributed by atoms with van der Waals surface area (Å²) >= 11 is 11.8. The predicted molar refractivity (Wildman–Crippen MR) is 115 cm³/mol. The first kappa shape index (κ1) is 21.6. The fourth-order valence-corrected chi connectivity index (χ4v) is 3.25. The van der Waals surface area contributed by atoms with E-state index in [9.17, 15) is 14.9 Å². The fourth-order valence-electron chi connectivity index (χ4n) is 2.88. The number of nitrogens with zero attached hydrogens (tertiary/aromatic N) is 3. The fraction of sp³-hybridized carbons (Fsp3) is 0.200. The Morgan fingerprint density at radius 1 is 1.27 bits per heavy atom. The van der Waals surface area contributed by atoms with Crippen LogP contribution < -0.4 is 10.1 Å². The molecule has 3 rings (SSSR count). The van der Waals surface area contributed by atoms with Crippen LogP contribution in [0.15, 0.2) is 48.8 Å². The van der Waals surface area contributed by atoms with Crippen molar-refractivity contribution in [2.75, 3.05) is 5.32 Å². The molecular weight excluding hydrogens is 431 g/mol. The zero-order valence-electron chi connectivity index (χ0n) is 16.1. The van der Waals surface area contributed by atoms with Crippen LogP contribution in [0, 0.1) is 17.0 Å². The van der Waals surface area contributed by atoms with Crippen LogP contribution in [0.4, 0.5) is 11.4 Å². The van der Waals surface area contributed by atoms with Gasteiger partial charge in [-0.1, -0.05) is 30.1 Å². The van der Waals surface area contributed by atoms with E-state index in [2.05, 4.69) is 10.4 Å². The number of aromatic nitrogens is 2. The minimum atomic E-state index is -0.625. The maximum atomic E-state index is 12.8. The first-order chi connectivity index (χ1) is 14.3. The average Bonchev–Trinajstić information content (AvgIpc) is 3.10. The second kappa shape index (κ2) is 9.15. The van der Waals surface area contributed by atoms with Gasteiger partial charge in [-0.15, -0.1) is 0 Å². The van der Waals surface area contributed by atoms with Crippen LogP contribution in [-0.4, -0.2) is 20.6 Å². The van der Waals surface area contributed by atoms with Gasteiger partial charge >= 0.3 is 0 Å². The van der Waals surface area contributed by atoms with E-state index < -0.39 is 11.0 Å². The van der Waals surface area contributed by atoms with E-state index in [1.54, 1.807) is 24.4 Å². The average molecular weight is 449 g/mol. The number of nitro benzene ring substituents is 1. The van der Waals surface area contributed by atoms with Crippen LogP contribution in [0.5, 0.6) is 11.5 Å². The van der Waals surface area contributed by atoms with Crippen LogP contribution in [0.2, 0.25) is 10.0 Å². The second-order valence-corrected chi connectivity index (χ2v) is 7.41. The molecule has 1 amide bonds. The summed E-state index contributed by atoms with van der Waals surface area (Å²) in [5.41, 5.74) is 0.776. The minimum absolute atomic E-state index is 0.208. The molecule has 10 heteroatoms. The van der Waals surface area contributed by atoms with Crippen molar-refractivity contribution in [1.82, 2.24) is 9.78 Å². The number of nitro groups is 1. The quantitative estimate of drug-likeness (QED) is 0.364. The maximum absolute atomic E-state index is 12.8. The first-order valence-electron chi connectivity index (χ1n) is 9.01. The lowest BCUT2D eigenvalue weighted by atomic mass is 10.2. The van der Waals surface area contributed by atoms with Crippen LogP contribution in [0.3, 0.4) is 0 Å². The molecule has 1 heterocycles. The van der Waals surface area contributed by atoms with Gasteiger partial charge in [0.1, 0.15) is 17.5 Å². The molecule has 0 aliphatic rings. The molecule has 156 valence electrons. The minimum Gasteiger partial charge on any atom is -0.457 e. The molecule has 0 fully saturated rings. The molecule has 0 aliphatic carbocycles. The highest BCUT2D eigenvalue weighted by atomic mass is 35.5. The topological polar surface area (TPSA) is 99.3 Å². The molecule has 0 spiro atoms. The van der Waals surface area contributed by atoms with Gasteiger partial charge in [0.2, 0.25) is 5.91 Å². The third kappa shape index (κ3) is 5.08. The molecule has 1 atom stereocenters. The normalized spacial score (nSPS) is 11.7. The third-order valence-electron chi connectivity index (χ3n) is 4.31. The molecule has 0 saturated carbocycles. The van der Waals surface area contributed by atoms with Crippen molar-refractivity contribution in [2.24, 2.45) is 0 Å². The molecule has 1 unspecified atom stereocenters. The van der Waals surface area contributed by atoms with Crippen molar-refractivity contribution in [3.63, 3.8) is 0 Å². The number of aryl methyl sites for hydroxylation is 1. The highest BCUT2D eigenvalue weighted by molar-refractivity contribution is 6.30. The first-order valence-corrected chi connectivity index (χ1v) is 9.76. The Balaban J connectivity index is 1.88. The molecular formula is C20H18Cl2N4O4. The van der Waals surface area contributed by atoms with E-state index in [1.807, 2.05) is 13.8 Å². The molecule has 30 heavy (non-hydrogen) atoms. The predicted octanol–water partition coefficient (Wildman–Crippen LogP) is 5.79. The molecule has 1 N–H and O–H groups in total. The molecule has 2 aromatic carbocycles. The van der Waals surface area contributed by atoms with Crippen molar-refractivity contribution in [3.05, 3.63) is 74.5 Å². The van der Waals surface area contributed by atoms with Crippen LogP contribution >= 0.6 is 23.2 Å². The van der Waals surface area contributed by atoms with E-state index in [0.717, 1.165) is 5.56 Å². The summed E-state index contributed by atoms with van der Waals surface area (Å²) in [6, 6.07) is 8.49. The number of carbonyl (C=O) groups excluding carboxylic acids is 1. The van der Waals surface area contributed by atoms with Gasteiger partial charge in [0.15, 0.2) is 0 Å². The van der Waals surface area contributed by atoms with Gasteiger partial charge in [-0.25, -0.2) is 0 Å². The number of benzene rings is 2. The van der Waals surface area contributed by atoms with Crippen LogP contribution in [-0.2, 0) is 4.79 Å². The smallest absolute Gasteiger partial charge is 0.275 e. The number of anilines is 1. The van der Waals surface area contributed by atoms with E-state index in [1.165, 1.54) is 29.1 Å². The number of rotatable bonds is 7. The van der Waals surface area contributed by atoms with Gasteiger partial charge in [-0.2, -0.15) is 5.10 Å². The second-order valence-electron chi connectivity index (χ2n) is 6.54. The third-order valence-corrected chi connectivity index (χ3v) is 4.74. The summed E-state index contributed by atoms with van der Waals surface area (Å²) in [5, 5.41) is 19.1. The Morgan fingerprint density at radius 3 is 2.63 bits per heavy atom. The monoisotopic (exact) mass is 448 g/mol. The molecule has 0 radical (unpaired) electrons. The summed E-state index contributed by atoms with van der Waals surface area (Å²) in [4.78, 5) is 23.6. The number of hydrogen-bond donors (Lipinski definition) is 1. The summed E-state index contributed by atoms with van der Waals surface area (Å²) in [7, 11) is 0. The van der Waals surface area contributed by atoms with E-state index in [0.29, 0.717) is 22.2 Å². The lowest BCUT2D eigenvalue weighted by molar-refractivity contribution is -0.384. The van der Waals surface area contributed by atoms with Gasteiger partial charge in [0.25, 0.3) is 5.69 Å². The standard InChI is InChI=1S/C20H18Cl2N4O4/c1-3-18(25-11-14(22)10-23-25)20(27)24-15-7-16(26(28)29)9-17(8-15)30-19-5-4-13(21)6-12(19)2/h4-11,18H,3H2,1-2H3,(H,24,27). The summed E-state index contributed by atoms with van der Waals surface area (Å²) in [6.07, 6.45) is 3.43. The lowest BCUT2D eigenvalue weighted by Gasteiger charge is -2.16. The Morgan fingerprint density at radius 2 is 2.03 bits per heavy atom. The van der Waals surface area contributed by atoms with E-state index in [4.69, 9.17) is 27.9 Å². The molecule has 3 aromatic rings. The van der Waals surface area contributed by atoms with Crippen molar-refractivity contribution in [2.45, 2.75) is 26.3 Å². The van der Waals surface area contributed by atoms with Gasteiger partial charge in [-0.3, -0.25) is 19.6 Å². The lowest BCUT2D eigenvalue weighted by Crippen LogP contribution is -2.26. The SMILES string of the molecule is CCC(C(=O)Nc1cc(Oc2ccc(Cl)cc2C)cc([N+](=O)[O-])c1)n1cc(Cl)cn1. The molecule has 8 nitrogen and oxygen atoms in total. The number of ether oxygens (including phenoxy) is 1. The number of amides is 1. The molecule has 0 aliphatic heterocycles. The number of carbonyl (C=O) groups is 1. The summed E-state index contributed by atoms with van der Waals surface area (Å²) in [6.45, 7) is 3.63. The number of hydrogen-bond acceptors (Lipinski definition) is 5. The Hall–Kier alpha value is -3.10. The van der Waals surface area contributed by atoms with Gasteiger partial charge in [0, 0.05) is 23.4 Å². The van der Waals surface area contributed by atoms with Crippen molar-refractivity contribution in [1.29, 1.82) is 0 Å². The van der Waals surface area contributed by atoms with Crippen molar-refractivity contribution in [3.8, 4) is 11.5 Å². The zero-order chi connectivity index (χ0) is 21.8. The maximum Gasteiger partial charge on any atom is 0.275 e.